The number of fused-ring (bicyclic) bond motifs is 1. The van der Waals surface area contributed by atoms with Crippen LogP contribution in [-0.2, 0) is 6.54 Å². The molecule has 0 aliphatic carbocycles. The van der Waals surface area contributed by atoms with E-state index in [0.29, 0.717) is 27.9 Å². The fourth-order valence-electron chi connectivity index (χ4n) is 1.71. The second-order valence-electron chi connectivity index (χ2n) is 3.40. The van der Waals surface area contributed by atoms with Gasteiger partial charge in [-0.25, -0.2) is 14.5 Å². The molecule has 5 nitrogen and oxygen atoms in total. The summed E-state index contributed by atoms with van der Waals surface area (Å²) in [7, 11) is 0. The van der Waals surface area contributed by atoms with Gasteiger partial charge in [0.2, 0.25) is 0 Å². The molecule has 2 rings (SSSR count). The van der Waals surface area contributed by atoms with Gasteiger partial charge in [-0.1, -0.05) is 0 Å². The number of hydrogen-bond acceptors (Lipinski definition) is 3. The number of nitrogens with zero attached hydrogens (tertiary/aromatic N) is 3. The Morgan fingerprint density at radius 1 is 1.62 bits per heavy atom. The molecule has 0 saturated heterocycles. The first kappa shape index (κ1) is 11.1. The van der Waals surface area contributed by atoms with Gasteiger partial charge in [0.15, 0.2) is 5.65 Å². The highest BCUT2D eigenvalue weighted by molar-refractivity contribution is 9.10. The van der Waals surface area contributed by atoms with E-state index in [1.165, 1.54) is 6.07 Å². The summed E-state index contributed by atoms with van der Waals surface area (Å²) in [5.41, 5.74) is 1.52. The van der Waals surface area contributed by atoms with Crippen LogP contribution in [-0.4, -0.2) is 25.8 Å². The summed E-state index contributed by atoms with van der Waals surface area (Å²) in [6, 6.07) is 1.50. The topological polar surface area (TPSA) is 68.0 Å². The van der Waals surface area contributed by atoms with Crippen molar-refractivity contribution in [2.24, 2.45) is 0 Å². The van der Waals surface area contributed by atoms with Crippen molar-refractivity contribution in [2.45, 2.75) is 20.4 Å². The molecule has 0 saturated carbocycles. The van der Waals surface area contributed by atoms with Crippen LogP contribution in [0, 0.1) is 6.92 Å². The van der Waals surface area contributed by atoms with Gasteiger partial charge in [-0.15, -0.1) is 0 Å². The third-order valence-corrected chi connectivity index (χ3v) is 2.78. The van der Waals surface area contributed by atoms with Crippen LogP contribution in [0.4, 0.5) is 0 Å². The van der Waals surface area contributed by atoms with Crippen molar-refractivity contribution in [3.05, 3.63) is 21.9 Å². The van der Waals surface area contributed by atoms with E-state index in [1.807, 2.05) is 6.92 Å². The number of hydrogen-bond donors (Lipinski definition) is 1. The molecular weight excluding hydrogens is 274 g/mol. The van der Waals surface area contributed by atoms with E-state index in [4.69, 9.17) is 5.11 Å². The average molecular weight is 284 g/mol. The lowest BCUT2D eigenvalue weighted by atomic mass is 10.1. The maximum atomic E-state index is 11.1. The predicted octanol–water partition coefficient (Wildman–Crippen LogP) is 2.22. The second kappa shape index (κ2) is 3.86. The smallest absolute Gasteiger partial charge is 0.336 e. The van der Waals surface area contributed by atoms with Crippen molar-refractivity contribution in [2.75, 3.05) is 0 Å². The third-order valence-electron chi connectivity index (χ3n) is 2.38. The van der Waals surface area contributed by atoms with Gasteiger partial charge in [-0.3, -0.25) is 0 Å². The summed E-state index contributed by atoms with van der Waals surface area (Å²) in [5.74, 6) is -0.966. The van der Waals surface area contributed by atoms with Crippen LogP contribution in [0.2, 0.25) is 0 Å². The van der Waals surface area contributed by atoms with E-state index in [-0.39, 0.29) is 5.56 Å². The molecule has 0 aliphatic rings. The molecule has 0 spiro atoms. The lowest BCUT2D eigenvalue weighted by Crippen LogP contribution is -2.01. The van der Waals surface area contributed by atoms with E-state index in [2.05, 4.69) is 26.0 Å². The summed E-state index contributed by atoms with van der Waals surface area (Å²) in [6.07, 6.45) is 0. The summed E-state index contributed by atoms with van der Waals surface area (Å²) in [4.78, 5) is 15.4. The molecule has 0 bridgehead atoms. The average Bonchev–Trinajstić information content (AvgIpc) is 2.54. The Kier molecular flexibility index (Phi) is 2.67. The van der Waals surface area contributed by atoms with Crippen LogP contribution in [0.1, 0.15) is 23.0 Å². The van der Waals surface area contributed by atoms with Crippen molar-refractivity contribution in [1.29, 1.82) is 0 Å². The van der Waals surface area contributed by atoms with Crippen LogP contribution in [0.5, 0.6) is 0 Å². The number of aromatic nitrogens is 3. The molecule has 0 atom stereocenters. The summed E-state index contributed by atoms with van der Waals surface area (Å²) in [6.45, 7) is 4.39. The van der Waals surface area contributed by atoms with Gasteiger partial charge in [0, 0.05) is 6.54 Å². The van der Waals surface area contributed by atoms with E-state index in [0.717, 1.165) is 0 Å². The minimum atomic E-state index is -0.966. The number of carbonyl (C=O) groups is 1. The molecule has 0 aromatic carbocycles. The minimum absolute atomic E-state index is 0.231. The van der Waals surface area contributed by atoms with Crippen LogP contribution in [0.25, 0.3) is 11.0 Å². The first-order chi connectivity index (χ1) is 7.54. The molecule has 84 valence electrons. The quantitative estimate of drug-likeness (QED) is 0.858. The molecule has 2 aromatic rings. The Labute approximate surface area is 100 Å². The predicted molar refractivity (Wildman–Crippen MR) is 62.6 cm³/mol. The zero-order valence-electron chi connectivity index (χ0n) is 8.86. The molecule has 2 heterocycles. The molecule has 1 N–H and O–H groups in total. The molecule has 2 aromatic heterocycles. The number of pyridine rings is 1. The highest BCUT2D eigenvalue weighted by Crippen LogP contribution is 2.24. The molecular formula is C10H10BrN3O2. The number of aromatic carboxylic acids is 1. The first-order valence-corrected chi connectivity index (χ1v) is 5.60. The van der Waals surface area contributed by atoms with Crippen molar-refractivity contribution in [1.82, 2.24) is 14.8 Å². The van der Waals surface area contributed by atoms with E-state index < -0.39 is 5.97 Å². The van der Waals surface area contributed by atoms with Crippen molar-refractivity contribution >= 4 is 32.9 Å². The van der Waals surface area contributed by atoms with Gasteiger partial charge >= 0.3 is 5.97 Å². The molecule has 0 amide bonds. The largest absolute Gasteiger partial charge is 0.478 e. The Morgan fingerprint density at radius 3 is 2.88 bits per heavy atom. The minimum Gasteiger partial charge on any atom is -0.478 e. The molecule has 0 radical (unpaired) electrons. The molecule has 16 heavy (non-hydrogen) atoms. The summed E-state index contributed by atoms with van der Waals surface area (Å²) >= 11 is 3.21. The zero-order chi connectivity index (χ0) is 11.9. The molecule has 6 heteroatoms. The highest BCUT2D eigenvalue weighted by Gasteiger charge is 2.17. The standard InChI is InChI=1S/C10H10BrN3O2/c1-3-14-9-8(5(2)13-14)6(10(15)16)4-7(11)12-9/h4H,3H2,1-2H3,(H,15,16). The fourth-order valence-corrected chi connectivity index (χ4v) is 2.11. The fraction of sp³-hybridized carbons (Fsp3) is 0.300. The number of carboxylic acids is 1. The van der Waals surface area contributed by atoms with Crippen LogP contribution in [0.15, 0.2) is 10.7 Å². The van der Waals surface area contributed by atoms with E-state index >= 15 is 0 Å². The Hall–Kier alpha value is -1.43. The zero-order valence-corrected chi connectivity index (χ0v) is 10.4. The Bertz CT molecular complexity index is 577. The highest BCUT2D eigenvalue weighted by atomic mass is 79.9. The lowest BCUT2D eigenvalue weighted by Gasteiger charge is -2.01. The SMILES string of the molecule is CCn1nc(C)c2c(C(=O)O)cc(Br)nc21. The number of carboxylic acid groups (broad SMARTS) is 1. The van der Waals surface area contributed by atoms with E-state index in [1.54, 1.807) is 11.6 Å². The van der Waals surface area contributed by atoms with Crippen molar-refractivity contribution in [3.63, 3.8) is 0 Å². The van der Waals surface area contributed by atoms with Crippen LogP contribution in [0.3, 0.4) is 0 Å². The van der Waals surface area contributed by atoms with Crippen LogP contribution < -0.4 is 0 Å². The maximum Gasteiger partial charge on any atom is 0.336 e. The molecule has 0 unspecified atom stereocenters. The van der Waals surface area contributed by atoms with Gasteiger partial charge in [0.05, 0.1) is 16.6 Å². The van der Waals surface area contributed by atoms with Gasteiger partial charge < -0.3 is 5.11 Å². The van der Waals surface area contributed by atoms with Gasteiger partial charge in [0.1, 0.15) is 4.60 Å². The third kappa shape index (κ3) is 1.59. The normalized spacial score (nSPS) is 10.9. The molecule has 0 fully saturated rings. The van der Waals surface area contributed by atoms with Crippen LogP contribution >= 0.6 is 15.9 Å². The number of halogens is 1. The van der Waals surface area contributed by atoms with Crippen molar-refractivity contribution in [3.8, 4) is 0 Å². The van der Waals surface area contributed by atoms with Gasteiger partial charge in [-0.2, -0.15) is 5.10 Å². The first-order valence-electron chi connectivity index (χ1n) is 4.81. The maximum absolute atomic E-state index is 11.1. The number of rotatable bonds is 2. The van der Waals surface area contributed by atoms with E-state index in [9.17, 15) is 4.79 Å². The summed E-state index contributed by atoms with van der Waals surface area (Å²) < 4.78 is 2.20. The Morgan fingerprint density at radius 2 is 2.31 bits per heavy atom. The number of aryl methyl sites for hydroxylation is 2. The lowest BCUT2D eigenvalue weighted by molar-refractivity contribution is 0.0699. The van der Waals surface area contributed by atoms with Crippen molar-refractivity contribution < 1.29 is 9.90 Å². The van der Waals surface area contributed by atoms with Gasteiger partial charge in [0.25, 0.3) is 0 Å². The monoisotopic (exact) mass is 283 g/mol. The summed E-state index contributed by atoms with van der Waals surface area (Å²) in [5, 5.41) is 14.0. The molecule has 0 aliphatic heterocycles. The Balaban J connectivity index is 2.91. The van der Waals surface area contributed by atoms with Gasteiger partial charge in [-0.05, 0) is 35.8 Å². The second-order valence-corrected chi connectivity index (χ2v) is 4.21.